The molecule has 0 heterocycles. The van der Waals surface area contributed by atoms with E-state index in [0.29, 0.717) is 39.2 Å². The molecule has 0 fully saturated rings. The topological polar surface area (TPSA) is 49.4 Å². The number of nitrogens with one attached hydrogen (secondary N) is 1. The maximum Gasteiger partial charge on any atom is 0.243 e. The van der Waals surface area contributed by atoms with Crippen molar-refractivity contribution in [2.45, 2.75) is 45.2 Å². The van der Waals surface area contributed by atoms with E-state index in [9.17, 15) is 9.59 Å². The van der Waals surface area contributed by atoms with Crippen molar-refractivity contribution in [2.75, 3.05) is 6.54 Å². The number of hydrogen-bond donors (Lipinski definition) is 1. The van der Waals surface area contributed by atoms with E-state index in [2.05, 4.69) is 12.2 Å². The van der Waals surface area contributed by atoms with Gasteiger partial charge in [-0.1, -0.05) is 103 Å². The van der Waals surface area contributed by atoms with Crippen molar-refractivity contribution in [1.82, 2.24) is 10.2 Å². The Balaban J connectivity index is 2.00. The van der Waals surface area contributed by atoms with Crippen molar-refractivity contribution >= 4 is 46.6 Å². The predicted molar refractivity (Wildman–Crippen MR) is 144 cm³/mol. The van der Waals surface area contributed by atoms with E-state index in [1.54, 1.807) is 29.2 Å². The molecule has 0 aliphatic carbocycles. The fourth-order valence-corrected chi connectivity index (χ4v) is 4.54. The van der Waals surface area contributed by atoms with Crippen molar-refractivity contribution in [3.05, 3.63) is 105 Å². The predicted octanol–water partition coefficient (Wildman–Crippen LogP) is 6.75. The fourth-order valence-electron chi connectivity index (χ4n) is 3.82. The van der Waals surface area contributed by atoms with E-state index in [4.69, 9.17) is 34.8 Å². The Morgan fingerprint density at radius 3 is 2.14 bits per heavy atom. The van der Waals surface area contributed by atoms with Crippen molar-refractivity contribution < 1.29 is 9.59 Å². The Morgan fingerprint density at radius 1 is 0.857 bits per heavy atom. The van der Waals surface area contributed by atoms with E-state index >= 15 is 0 Å². The number of nitrogens with zero attached hydrogens (tertiary/aromatic N) is 1. The molecule has 7 heteroatoms. The van der Waals surface area contributed by atoms with Gasteiger partial charge in [-0.25, -0.2) is 0 Å². The van der Waals surface area contributed by atoms with Gasteiger partial charge in [0.25, 0.3) is 0 Å². The van der Waals surface area contributed by atoms with Gasteiger partial charge in [0.15, 0.2) is 0 Å². The summed E-state index contributed by atoms with van der Waals surface area (Å²) < 4.78 is 0. The standard InChI is InChI=1S/C28H29Cl3N2O2/c1-2-3-16-32-28(35)26(17-20-10-5-4-6-11-20)33(19-22-24(30)14-9-15-25(22)31)27(34)18-21-12-7-8-13-23(21)29/h4-15,26H,2-3,16-19H2,1H3,(H,32,35)/t26-/m1/s1. The second-order valence-corrected chi connectivity index (χ2v) is 9.56. The summed E-state index contributed by atoms with van der Waals surface area (Å²) in [6.07, 6.45) is 2.21. The first-order valence-corrected chi connectivity index (χ1v) is 12.8. The van der Waals surface area contributed by atoms with E-state index in [1.807, 2.05) is 48.5 Å². The van der Waals surface area contributed by atoms with Gasteiger partial charge in [-0.3, -0.25) is 9.59 Å². The van der Waals surface area contributed by atoms with Crippen molar-refractivity contribution in [3.63, 3.8) is 0 Å². The molecular formula is C28H29Cl3N2O2. The SMILES string of the molecule is CCCCNC(=O)[C@@H](Cc1ccccc1)N(Cc1c(Cl)cccc1Cl)C(=O)Cc1ccccc1Cl. The van der Waals surface area contributed by atoms with Gasteiger partial charge in [0.1, 0.15) is 6.04 Å². The van der Waals surface area contributed by atoms with Crippen LogP contribution in [0.15, 0.2) is 72.8 Å². The maximum atomic E-state index is 13.8. The first kappa shape index (κ1) is 27.1. The van der Waals surface area contributed by atoms with Gasteiger partial charge < -0.3 is 10.2 Å². The number of carbonyl (C=O) groups is 2. The number of halogens is 3. The van der Waals surface area contributed by atoms with Crippen LogP contribution in [0.3, 0.4) is 0 Å². The summed E-state index contributed by atoms with van der Waals surface area (Å²) >= 11 is 19.3. The highest BCUT2D eigenvalue weighted by Crippen LogP contribution is 2.28. The molecule has 3 aromatic rings. The lowest BCUT2D eigenvalue weighted by molar-refractivity contribution is -0.140. The quantitative estimate of drug-likeness (QED) is 0.278. The van der Waals surface area contributed by atoms with Crippen LogP contribution >= 0.6 is 34.8 Å². The summed E-state index contributed by atoms with van der Waals surface area (Å²) in [7, 11) is 0. The largest absolute Gasteiger partial charge is 0.354 e. The highest BCUT2D eigenvalue weighted by Gasteiger charge is 2.31. The summed E-state index contributed by atoms with van der Waals surface area (Å²) in [5.74, 6) is -0.446. The summed E-state index contributed by atoms with van der Waals surface area (Å²) in [5, 5.41) is 4.39. The van der Waals surface area contributed by atoms with Gasteiger partial charge in [-0.15, -0.1) is 0 Å². The molecular weight excluding hydrogens is 503 g/mol. The van der Waals surface area contributed by atoms with E-state index in [0.717, 1.165) is 18.4 Å². The third kappa shape index (κ3) is 7.73. The summed E-state index contributed by atoms with van der Waals surface area (Å²) in [5.41, 5.74) is 2.24. The van der Waals surface area contributed by atoms with E-state index in [1.165, 1.54) is 0 Å². The zero-order valence-electron chi connectivity index (χ0n) is 19.6. The molecule has 3 aromatic carbocycles. The molecule has 3 rings (SSSR count). The molecule has 0 aromatic heterocycles. The number of amides is 2. The highest BCUT2D eigenvalue weighted by atomic mass is 35.5. The monoisotopic (exact) mass is 530 g/mol. The van der Waals surface area contributed by atoms with Crippen molar-refractivity contribution in [2.24, 2.45) is 0 Å². The van der Waals surface area contributed by atoms with E-state index in [-0.39, 0.29) is 24.8 Å². The first-order chi connectivity index (χ1) is 16.9. The molecule has 184 valence electrons. The normalized spacial score (nSPS) is 11.7. The van der Waals surface area contributed by atoms with Crippen LogP contribution in [0.2, 0.25) is 15.1 Å². The van der Waals surface area contributed by atoms with Gasteiger partial charge in [-0.2, -0.15) is 0 Å². The van der Waals surface area contributed by atoms with Crippen LogP contribution < -0.4 is 5.32 Å². The Hall–Kier alpha value is -2.53. The van der Waals surface area contributed by atoms with Crippen LogP contribution in [0.4, 0.5) is 0 Å². The summed E-state index contributed by atoms with van der Waals surface area (Å²) in [6.45, 7) is 2.70. The minimum Gasteiger partial charge on any atom is -0.354 e. The second-order valence-electron chi connectivity index (χ2n) is 8.34. The number of hydrogen-bond acceptors (Lipinski definition) is 2. The van der Waals surface area contributed by atoms with Gasteiger partial charge in [0.05, 0.1) is 6.42 Å². The Bertz CT molecular complexity index is 1120. The number of rotatable bonds is 11. The van der Waals surface area contributed by atoms with Crippen LogP contribution in [-0.4, -0.2) is 29.3 Å². The summed E-state index contributed by atoms with van der Waals surface area (Å²) in [6, 6.07) is 21.3. The zero-order chi connectivity index (χ0) is 25.2. The molecule has 1 atom stereocenters. The molecule has 0 aliphatic heterocycles. The molecule has 4 nitrogen and oxygen atoms in total. The molecule has 0 bridgehead atoms. The highest BCUT2D eigenvalue weighted by molar-refractivity contribution is 6.36. The molecule has 0 saturated heterocycles. The van der Waals surface area contributed by atoms with Gasteiger partial charge >= 0.3 is 0 Å². The Labute approximate surface area is 222 Å². The number of carbonyl (C=O) groups excluding carboxylic acids is 2. The Morgan fingerprint density at radius 2 is 1.49 bits per heavy atom. The third-order valence-electron chi connectivity index (χ3n) is 5.79. The van der Waals surface area contributed by atoms with Crippen molar-refractivity contribution in [3.8, 4) is 0 Å². The number of benzene rings is 3. The van der Waals surface area contributed by atoms with E-state index < -0.39 is 6.04 Å². The van der Waals surface area contributed by atoms with Gasteiger partial charge in [-0.05, 0) is 35.7 Å². The third-order valence-corrected chi connectivity index (χ3v) is 6.87. The molecule has 0 aliphatic rings. The first-order valence-electron chi connectivity index (χ1n) is 11.7. The van der Waals surface area contributed by atoms with Crippen LogP contribution in [0.5, 0.6) is 0 Å². The molecule has 0 saturated carbocycles. The number of unbranched alkanes of at least 4 members (excludes halogenated alkanes) is 1. The molecule has 35 heavy (non-hydrogen) atoms. The molecule has 2 amide bonds. The van der Waals surface area contributed by atoms with Crippen LogP contribution in [-0.2, 0) is 29.0 Å². The molecule has 0 unspecified atom stereocenters. The lowest BCUT2D eigenvalue weighted by atomic mass is 10.0. The molecule has 0 radical (unpaired) electrons. The zero-order valence-corrected chi connectivity index (χ0v) is 21.9. The average Bonchev–Trinajstić information content (AvgIpc) is 2.85. The lowest BCUT2D eigenvalue weighted by Gasteiger charge is -2.32. The van der Waals surface area contributed by atoms with Crippen LogP contribution in [0.1, 0.15) is 36.5 Å². The van der Waals surface area contributed by atoms with Crippen molar-refractivity contribution in [1.29, 1.82) is 0 Å². The van der Waals surface area contributed by atoms with Gasteiger partial charge in [0.2, 0.25) is 11.8 Å². The Kier molecular flexibility index (Phi) is 10.5. The summed E-state index contributed by atoms with van der Waals surface area (Å²) in [4.78, 5) is 28.8. The van der Waals surface area contributed by atoms with Crippen LogP contribution in [0.25, 0.3) is 0 Å². The minimum atomic E-state index is -0.753. The molecule has 0 spiro atoms. The lowest BCUT2D eigenvalue weighted by Crippen LogP contribution is -2.51. The second kappa shape index (κ2) is 13.5. The fraction of sp³-hybridized carbons (Fsp3) is 0.286. The maximum absolute atomic E-state index is 13.8. The minimum absolute atomic E-state index is 0.0509. The average molecular weight is 532 g/mol. The van der Waals surface area contributed by atoms with Gasteiger partial charge in [0, 0.05) is 40.1 Å². The smallest absolute Gasteiger partial charge is 0.243 e. The van der Waals surface area contributed by atoms with Crippen LogP contribution in [0, 0.1) is 0 Å². The molecule has 1 N–H and O–H groups in total.